The number of benzene rings is 2. The van der Waals surface area contributed by atoms with Crippen molar-refractivity contribution in [3.63, 3.8) is 0 Å². The molecule has 0 spiro atoms. The fourth-order valence-corrected chi connectivity index (χ4v) is 4.54. The summed E-state index contributed by atoms with van der Waals surface area (Å²) in [4.78, 5) is 4.28. The third kappa shape index (κ3) is 5.02. The van der Waals surface area contributed by atoms with Gasteiger partial charge in [-0.3, -0.25) is 9.54 Å². The lowest BCUT2D eigenvalue weighted by molar-refractivity contribution is 0.484. The number of anilines is 1. The minimum atomic E-state index is -4.48. The van der Waals surface area contributed by atoms with Gasteiger partial charge in [-0.2, -0.15) is 8.42 Å². The van der Waals surface area contributed by atoms with Crippen LogP contribution in [0.3, 0.4) is 0 Å². The molecule has 0 amide bonds. The molecule has 0 saturated carbocycles. The van der Waals surface area contributed by atoms with E-state index in [4.69, 9.17) is 5.73 Å². The Labute approximate surface area is 193 Å². The maximum absolute atomic E-state index is 12.0. The van der Waals surface area contributed by atoms with E-state index in [0.29, 0.717) is 16.5 Å². The fourth-order valence-electron chi connectivity index (χ4n) is 3.83. The topological polar surface area (TPSA) is 118 Å². The van der Waals surface area contributed by atoms with Crippen LogP contribution in [0.5, 0.6) is 0 Å². The van der Waals surface area contributed by atoms with Crippen molar-refractivity contribution in [3.05, 3.63) is 78.2 Å². The number of azo groups is 1. The first kappa shape index (κ1) is 22.8. The average molecular weight is 463 g/mol. The SMILES string of the molecule is Cc1ccc2c(N)c(N=Nc3ccc(C4C=CC(C)(C)C=CC4)nc3)cc(S(=O)(=O)O)c2c1. The third-order valence-electron chi connectivity index (χ3n) is 5.67. The van der Waals surface area contributed by atoms with Crippen molar-refractivity contribution in [2.75, 3.05) is 5.73 Å². The molecule has 0 fully saturated rings. The van der Waals surface area contributed by atoms with E-state index < -0.39 is 10.1 Å². The molecule has 0 bridgehead atoms. The Morgan fingerprint density at radius 1 is 1.09 bits per heavy atom. The van der Waals surface area contributed by atoms with Crippen LogP contribution in [-0.4, -0.2) is 18.0 Å². The van der Waals surface area contributed by atoms with Crippen LogP contribution in [-0.2, 0) is 10.1 Å². The van der Waals surface area contributed by atoms with Gasteiger partial charge in [0.25, 0.3) is 10.1 Å². The van der Waals surface area contributed by atoms with Crippen LogP contribution in [0.15, 0.2) is 82.0 Å². The molecule has 0 saturated heterocycles. The van der Waals surface area contributed by atoms with Crippen LogP contribution in [0, 0.1) is 12.3 Å². The van der Waals surface area contributed by atoms with Gasteiger partial charge < -0.3 is 5.73 Å². The summed E-state index contributed by atoms with van der Waals surface area (Å²) in [6.07, 6.45) is 11.2. The molecular weight excluding hydrogens is 436 g/mol. The number of pyridine rings is 1. The van der Waals surface area contributed by atoms with Crippen LogP contribution in [0.2, 0.25) is 0 Å². The van der Waals surface area contributed by atoms with Gasteiger partial charge in [-0.1, -0.05) is 55.8 Å². The highest BCUT2D eigenvalue weighted by atomic mass is 32.2. The van der Waals surface area contributed by atoms with Crippen LogP contribution in [0.4, 0.5) is 17.1 Å². The van der Waals surface area contributed by atoms with Crippen molar-refractivity contribution in [2.45, 2.75) is 38.0 Å². The number of fused-ring (bicyclic) bond motifs is 1. The van der Waals surface area contributed by atoms with Gasteiger partial charge in [0.05, 0.1) is 11.9 Å². The summed E-state index contributed by atoms with van der Waals surface area (Å²) in [5.74, 6) is 0.186. The minimum Gasteiger partial charge on any atom is -0.396 e. The van der Waals surface area contributed by atoms with Crippen molar-refractivity contribution < 1.29 is 13.0 Å². The van der Waals surface area contributed by atoms with E-state index in [-0.39, 0.29) is 27.6 Å². The molecule has 1 aliphatic carbocycles. The first-order chi connectivity index (χ1) is 15.5. The zero-order valence-electron chi connectivity index (χ0n) is 18.7. The van der Waals surface area contributed by atoms with Gasteiger partial charge in [-0.05, 0) is 37.6 Å². The Balaban J connectivity index is 1.66. The molecule has 3 N–H and O–H groups in total. The summed E-state index contributed by atoms with van der Waals surface area (Å²) in [6, 6.07) is 10.1. The highest BCUT2D eigenvalue weighted by Gasteiger charge is 2.19. The van der Waals surface area contributed by atoms with E-state index >= 15 is 0 Å². The number of rotatable bonds is 4. The molecule has 4 rings (SSSR count). The van der Waals surface area contributed by atoms with Crippen molar-refractivity contribution in [2.24, 2.45) is 15.6 Å². The molecule has 8 heteroatoms. The second kappa shape index (κ2) is 8.53. The smallest absolute Gasteiger partial charge is 0.295 e. The van der Waals surface area contributed by atoms with Gasteiger partial charge in [0.15, 0.2) is 0 Å². The molecule has 1 heterocycles. The predicted molar refractivity (Wildman–Crippen MR) is 131 cm³/mol. The van der Waals surface area contributed by atoms with Gasteiger partial charge in [-0.25, -0.2) is 0 Å². The number of nitrogens with two attached hydrogens (primary N) is 1. The van der Waals surface area contributed by atoms with Gasteiger partial charge >= 0.3 is 0 Å². The Kier molecular flexibility index (Phi) is 5.90. The monoisotopic (exact) mass is 462 g/mol. The van der Waals surface area contributed by atoms with Gasteiger partial charge in [0, 0.05) is 27.8 Å². The van der Waals surface area contributed by atoms with Gasteiger partial charge in [0.2, 0.25) is 0 Å². The van der Waals surface area contributed by atoms with Crippen molar-refractivity contribution >= 4 is 38.0 Å². The van der Waals surface area contributed by atoms with Crippen molar-refractivity contribution in [3.8, 4) is 0 Å². The highest BCUT2D eigenvalue weighted by Crippen LogP contribution is 2.37. The van der Waals surface area contributed by atoms with E-state index in [1.165, 1.54) is 6.07 Å². The summed E-state index contributed by atoms with van der Waals surface area (Å²) >= 11 is 0. The first-order valence-electron chi connectivity index (χ1n) is 10.6. The molecule has 33 heavy (non-hydrogen) atoms. The normalized spacial score (nSPS) is 18.1. The lowest BCUT2D eigenvalue weighted by Gasteiger charge is -2.13. The average Bonchev–Trinajstić information content (AvgIpc) is 2.93. The van der Waals surface area contributed by atoms with Crippen molar-refractivity contribution in [1.82, 2.24) is 4.98 Å². The second-order valence-electron chi connectivity index (χ2n) is 8.90. The Morgan fingerprint density at radius 2 is 1.88 bits per heavy atom. The van der Waals surface area contributed by atoms with Gasteiger partial charge in [-0.15, -0.1) is 10.2 Å². The van der Waals surface area contributed by atoms with Gasteiger partial charge in [0.1, 0.15) is 16.3 Å². The lowest BCUT2D eigenvalue weighted by Crippen LogP contribution is -2.01. The minimum absolute atomic E-state index is 0.0300. The number of aromatic nitrogens is 1. The summed E-state index contributed by atoms with van der Waals surface area (Å²) in [5, 5.41) is 9.17. The number of hydrogen-bond donors (Lipinski definition) is 2. The molecule has 3 aromatic rings. The largest absolute Gasteiger partial charge is 0.396 e. The van der Waals surface area contributed by atoms with Crippen LogP contribution in [0.1, 0.15) is 37.4 Å². The summed E-state index contributed by atoms with van der Waals surface area (Å²) in [5.41, 5.74) is 8.99. The molecule has 7 nitrogen and oxygen atoms in total. The first-order valence-corrected chi connectivity index (χ1v) is 12.0. The number of hydrogen-bond acceptors (Lipinski definition) is 6. The number of allylic oxidation sites excluding steroid dienone is 4. The number of aryl methyl sites for hydroxylation is 1. The van der Waals surface area contributed by atoms with Crippen molar-refractivity contribution in [1.29, 1.82) is 0 Å². The van der Waals surface area contributed by atoms with E-state index in [2.05, 4.69) is 53.4 Å². The second-order valence-corrected chi connectivity index (χ2v) is 10.3. The zero-order valence-corrected chi connectivity index (χ0v) is 19.5. The Hall–Kier alpha value is -3.36. The maximum Gasteiger partial charge on any atom is 0.295 e. The Bertz CT molecular complexity index is 1410. The Morgan fingerprint density at radius 3 is 2.58 bits per heavy atom. The van der Waals surface area contributed by atoms with E-state index in [0.717, 1.165) is 17.7 Å². The molecule has 1 unspecified atom stereocenters. The van der Waals surface area contributed by atoms with E-state index in [1.807, 2.05) is 25.1 Å². The molecule has 1 aliphatic rings. The lowest BCUT2D eigenvalue weighted by atomic mass is 9.93. The molecule has 1 aromatic heterocycles. The quantitative estimate of drug-likeness (QED) is 0.201. The predicted octanol–water partition coefficient (Wildman–Crippen LogP) is 6.41. The number of nitrogens with zero attached hydrogens (tertiary/aromatic N) is 3. The molecule has 1 atom stereocenters. The standard InChI is InChI=1S/C25H26N4O3S/c1-16-6-8-19-20(13-16)23(33(30,31)32)14-22(24(19)26)29-28-18-7-9-21(27-15-18)17-5-4-11-25(2,3)12-10-17/h4,6-15,17H,5,26H2,1-3H3,(H,30,31,32). The van der Waals surface area contributed by atoms with Crippen LogP contribution in [0.25, 0.3) is 10.8 Å². The molecular formula is C25H26N4O3S. The molecule has 170 valence electrons. The summed E-state index contributed by atoms with van der Waals surface area (Å²) in [6.45, 7) is 6.15. The zero-order chi connectivity index (χ0) is 23.8. The van der Waals surface area contributed by atoms with Crippen LogP contribution < -0.4 is 5.73 Å². The summed E-state index contributed by atoms with van der Waals surface area (Å²) < 4.78 is 33.7. The summed E-state index contributed by atoms with van der Waals surface area (Å²) in [7, 11) is -4.48. The van der Waals surface area contributed by atoms with E-state index in [1.54, 1.807) is 18.3 Å². The fraction of sp³-hybridized carbons (Fsp3) is 0.240. The van der Waals surface area contributed by atoms with Crippen LogP contribution >= 0.6 is 0 Å². The molecule has 2 aromatic carbocycles. The molecule has 0 radical (unpaired) electrons. The highest BCUT2D eigenvalue weighted by molar-refractivity contribution is 7.86. The third-order valence-corrected chi connectivity index (χ3v) is 6.57. The van der Waals surface area contributed by atoms with E-state index in [9.17, 15) is 13.0 Å². The maximum atomic E-state index is 12.0. The number of nitrogen functional groups attached to an aromatic ring is 1. The molecule has 0 aliphatic heterocycles.